The third-order valence-electron chi connectivity index (χ3n) is 4.50. The van der Waals surface area contributed by atoms with Crippen LogP contribution in [0, 0.1) is 0 Å². The molecule has 1 N–H and O–H groups in total. The summed E-state index contributed by atoms with van der Waals surface area (Å²) in [6.45, 7) is 3.95. The Hall–Kier alpha value is -3.18. The second-order valence-corrected chi connectivity index (χ2v) is 8.53. The average Bonchev–Trinajstić information content (AvgIpc) is 3.20. The van der Waals surface area contributed by atoms with Crippen molar-refractivity contribution in [2.75, 3.05) is 11.1 Å². The molecule has 0 saturated heterocycles. The molecule has 0 aliphatic rings. The van der Waals surface area contributed by atoms with E-state index in [2.05, 4.69) is 22.1 Å². The number of hydrogen-bond donors (Lipinski definition) is 1. The number of halogens is 2. The summed E-state index contributed by atoms with van der Waals surface area (Å²) < 4.78 is 28.7. The summed E-state index contributed by atoms with van der Waals surface area (Å²) in [7, 11) is 0. The van der Waals surface area contributed by atoms with Gasteiger partial charge >= 0.3 is 0 Å². The molecule has 0 fully saturated rings. The minimum absolute atomic E-state index is 0.0244. The van der Waals surface area contributed by atoms with Crippen LogP contribution in [0.3, 0.4) is 0 Å². The largest absolute Gasteiger partial charge is 0.324 e. The van der Waals surface area contributed by atoms with Gasteiger partial charge in [-0.05, 0) is 24.3 Å². The highest BCUT2D eigenvalue weighted by atomic mass is 32.2. The van der Waals surface area contributed by atoms with Crippen molar-refractivity contribution >= 4 is 51.8 Å². The van der Waals surface area contributed by atoms with Crippen molar-refractivity contribution in [1.29, 1.82) is 0 Å². The lowest BCUT2D eigenvalue weighted by Crippen LogP contribution is -2.22. The van der Waals surface area contributed by atoms with Crippen LogP contribution in [0.25, 0.3) is 16.7 Å². The van der Waals surface area contributed by atoms with E-state index in [9.17, 15) is 18.4 Å². The first-order valence-electron chi connectivity index (χ1n) is 9.43. The number of thioether (sulfide) groups is 2. The lowest BCUT2D eigenvalue weighted by atomic mass is 10.2. The van der Waals surface area contributed by atoms with Crippen molar-refractivity contribution in [2.24, 2.45) is 0 Å². The molecule has 0 spiro atoms. The van der Waals surface area contributed by atoms with Gasteiger partial charge in [-0.25, -0.2) is 0 Å². The third kappa shape index (κ3) is 4.39. The Morgan fingerprint density at radius 2 is 1.91 bits per heavy atom. The number of alkyl halides is 2. The molecular weight excluding hydrogens is 456 g/mol. The highest BCUT2D eigenvalue weighted by Crippen LogP contribution is 2.32. The molecule has 2 heterocycles. The molecule has 0 saturated carbocycles. The number of amides is 1. The van der Waals surface area contributed by atoms with Crippen molar-refractivity contribution in [3.05, 3.63) is 71.5 Å². The van der Waals surface area contributed by atoms with E-state index in [0.29, 0.717) is 39.3 Å². The van der Waals surface area contributed by atoms with E-state index in [0.717, 1.165) is 11.8 Å². The number of benzene rings is 2. The van der Waals surface area contributed by atoms with Crippen LogP contribution in [0.4, 0.5) is 14.5 Å². The maximum atomic E-state index is 12.8. The number of fused-ring (bicyclic) bond motifs is 3. The number of allylic oxidation sites excluding steroid dienone is 1. The van der Waals surface area contributed by atoms with Gasteiger partial charge in [0.2, 0.25) is 11.7 Å². The van der Waals surface area contributed by atoms with E-state index >= 15 is 0 Å². The molecule has 7 nitrogen and oxygen atoms in total. The van der Waals surface area contributed by atoms with Crippen molar-refractivity contribution in [2.45, 2.75) is 22.4 Å². The molecule has 2 aromatic heterocycles. The highest BCUT2D eigenvalue weighted by Gasteiger charge is 2.18. The first kappa shape index (κ1) is 22.0. The molecule has 11 heteroatoms. The fourth-order valence-electron chi connectivity index (χ4n) is 3.21. The quantitative estimate of drug-likeness (QED) is 0.304. The van der Waals surface area contributed by atoms with Gasteiger partial charge in [-0.2, -0.15) is 8.78 Å². The maximum Gasteiger partial charge on any atom is 0.288 e. The van der Waals surface area contributed by atoms with Crippen molar-refractivity contribution in [3.8, 4) is 0 Å². The maximum absolute atomic E-state index is 12.8. The summed E-state index contributed by atoms with van der Waals surface area (Å²) in [6.07, 6.45) is 1.60. The number of anilines is 1. The molecule has 164 valence electrons. The number of carbonyl (C=O) groups is 1. The molecule has 32 heavy (non-hydrogen) atoms. The zero-order chi connectivity index (χ0) is 22.7. The van der Waals surface area contributed by atoms with Crippen molar-refractivity contribution in [3.63, 3.8) is 0 Å². The van der Waals surface area contributed by atoms with Crippen molar-refractivity contribution < 1.29 is 13.6 Å². The van der Waals surface area contributed by atoms with Crippen molar-refractivity contribution in [1.82, 2.24) is 19.2 Å². The number of rotatable bonds is 8. The fraction of sp³-hybridized carbons (Fsp3) is 0.143. The minimum atomic E-state index is -2.59. The summed E-state index contributed by atoms with van der Waals surface area (Å²) >= 11 is 1.50. The van der Waals surface area contributed by atoms with Gasteiger partial charge in [-0.1, -0.05) is 53.9 Å². The van der Waals surface area contributed by atoms with E-state index in [4.69, 9.17) is 0 Å². The average molecular weight is 474 g/mol. The SMILES string of the molecule is C=CCn1c(=O)c2ccccc2n2c(SCC(=O)Nc3ccccc3SC(F)F)nnc12. The van der Waals surface area contributed by atoms with Crippen LogP contribution < -0.4 is 10.9 Å². The number of hydrogen-bond acceptors (Lipinski definition) is 6. The Morgan fingerprint density at radius 3 is 2.69 bits per heavy atom. The third-order valence-corrected chi connectivity index (χ3v) is 6.22. The lowest BCUT2D eigenvalue weighted by Gasteiger charge is -2.11. The number of carbonyl (C=O) groups excluding carboxylic acids is 1. The second kappa shape index (κ2) is 9.53. The predicted octanol–water partition coefficient (Wildman–Crippen LogP) is 4.28. The zero-order valence-electron chi connectivity index (χ0n) is 16.6. The molecule has 4 rings (SSSR count). The fourth-order valence-corrected chi connectivity index (χ4v) is 4.54. The van der Waals surface area contributed by atoms with Crippen LogP contribution in [0.15, 0.2) is 76.0 Å². The first-order valence-corrected chi connectivity index (χ1v) is 11.3. The Balaban J connectivity index is 1.62. The van der Waals surface area contributed by atoms with Crippen LogP contribution in [0.2, 0.25) is 0 Å². The zero-order valence-corrected chi connectivity index (χ0v) is 18.2. The van der Waals surface area contributed by atoms with Crippen LogP contribution in [-0.4, -0.2) is 36.6 Å². The Morgan fingerprint density at radius 1 is 1.16 bits per heavy atom. The molecule has 0 unspecified atom stereocenters. The Kier molecular flexibility index (Phi) is 6.56. The monoisotopic (exact) mass is 473 g/mol. The lowest BCUT2D eigenvalue weighted by molar-refractivity contribution is -0.113. The van der Waals surface area contributed by atoms with E-state index < -0.39 is 5.76 Å². The number of aromatic nitrogens is 4. The van der Waals surface area contributed by atoms with Gasteiger partial charge in [-0.3, -0.25) is 18.6 Å². The summed E-state index contributed by atoms with van der Waals surface area (Å²) in [6, 6.07) is 13.5. The smallest absolute Gasteiger partial charge is 0.288 e. The Labute approximate surface area is 189 Å². The van der Waals surface area contributed by atoms with Gasteiger partial charge < -0.3 is 5.32 Å². The molecule has 1 amide bonds. The minimum Gasteiger partial charge on any atom is -0.324 e. The van der Waals surface area contributed by atoms with Crippen LogP contribution in [0.1, 0.15) is 0 Å². The molecule has 2 aromatic carbocycles. The second-order valence-electron chi connectivity index (χ2n) is 6.55. The molecule has 0 aliphatic heterocycles. The highest BCUT2D eigenvalue weighted by molar-refractivity contribution is 8.00. The van der Waals surface area contributed by atoms with Gasteiger partial charge in [0, 0.05) is 11.4 Å². The predicted molar refractivity (Wildman–Crippen MR) is 123 cm³/mol. The normalized spacial score (nSPS) is 11.3. The van der Waals surface area contributed by atoms with E-state index in [1.807, 2.05) is 0 Å². The number of para-hydroxylation sites is 2. The van der Waals surface area contributed by atoms with Gasteiger partial charge in [0.1, 0.15) is 0 Å². The van der Waals surface area contributed by atoms with Gasteiger partial charge in [0.15, 0.2) is 5.16 Å². The topological polar surface area (TPSA) is 81.3 Å². The van der Waals surface area contributed by atoms with E-state index in [-0.39, 0.29) is 28.7 Å². The van der Waals surface area contributed by atoms with Gasteiger partial charge in [-0.15, -0.1) is 16.8 Å². The molecule has 4 aromatic rings. The van der Waals surface area contributed by atoms with Gasteiger partial charge in [0.25, 0.3) is 11.3 Å². The summed E-state index contributed by atoms with van der Waals surface area (Å²) in [5, 5.41) is 11.9. The van der Waals surface area contributed by atoms with Crippen LogP contribution in [0.5, 0.6) is 0 Å². The van der Waals surface area contributed by atoms with Crippen LogP contribution >= 0.6 is 23.5 Å². The summed E-state index contributed by atoms with van der Waals surface area (Å²) in [5.41, 5.74) is 0.738. The molecular formula is C21H17F2N5O2S2. The number of nitrogens with one attached hydrogen (secondary N) is 1. The van der Waals surface area contributed by atoms with Gasteiger partial charge in [0.05, 0.1) is 22.3 Å². The van der Waals surface area contributed by atoms with Crippen LogP contribution in [-0.2, 0) is 11.3 Å². The molecule has 0 aliphatic carbocycles. The molecule has 0 atom stereocenters. The summed E-state index contributed by atoms with van der Waals surface area (Å²) in [5.74, 6) is -2.65. The van der Waals surface area contributed by atoms with E-state index in [1.54, 1.807) is 52.9 Å². The Bertz CT molecular complexity index is 1370. The standard InChI is InChI=1S/C21H17F2N5O2S2/c1-2-11-27-18(30)13-7-3-5-9-15(13)28-20(27)25-26-21(28)31-12-17(29)24-14-8-4-6-10-16(14)32-19(22)23/h2-10,19H,1,11-12H2,(H,24,29). The summed E-state index contributed by atoms with van der Waals surface area (Å²) in [4.78, 5) is 25.6. The first-order chi connectivity index (χ1) is 15.5. The number of nitrogens with zero attached hydrogens (tertiary/aromatic N) is 4. The van der Waals surface area contributed by atoms with E-state index in [1.165, 1.54) is 10.6 Å². The molecule has 0 radical (unpaired) electrons. The molecule has 0 bridgehead atoms.